The van der Waals surface area contributed by atoms with Gasteiger partial charge >= 0.3 is 5.97 Å². The molecule has 0 bridgehead atoms. The molecule has 124 valence electrons. The molecule has 0 aromatic heterocycles. The van der Waals surface area contributed by atoms with Crippen LogP contribution >= 0.6 is 0 Å². The fourth-order valence-corrected chi connectivity index (χ4v) is 2.20. The molecule has 1 N–H and O–H groups in total. The third kappa shape index (κ3) is 3.54. The predicted octanol–water partition coefficient (Wildman–Crippen LogP) is 2.73. The molecule has 0 saturated heterocycles. The molecule has 2 aromatic rings. The molecule has 2 aromatic carbocycles. The second-order valence-electron chi connectivity index (χ2n) is 4.94. The van der Waals surface area contributed by atoms with Crippen LogP contribution in [0, 0.1) is 10.1 Å². The van der Waals surface area contributed by atoms with Crippen molar-refractivity contribution >= 4 is 17.3 Å². The highest BCUT2D eigenvalue weighted by Gasteiger charge is 2.16. The molecule has 0 atom stereocenters. The molecule has 0 aliphatic carbocycles. The fraction of sp³-hybridized carbons (Fsp3) is 0.188. The molecule has 1 aliphatic rings. The lowest BCUT2D eigenvalue weighted by atomic mass is 10.2. The number of nitro benzene ring substituents is 1. The monoisotopic (exact) mass is 330 g/mol. The smallest absolute Gasteiger partial charge is 0.312 e. The van der Waals surface area contributed by atoms with Gasteiger partial charge in [-0.15, -0.1) is 0 Å². The summed E-state index contributed by atoms with van der Waals surface area (Å²) in [6.45, 7) is 0.362. The fourth-order valence-electron chi connectivity index (χ4n) is 2.20. The molecule has 8 heteroatoms. The lowest BCUT2D eigenvalue weighted by Crippen LogP contribution is -2.14. The number of rotatable bonds is 6. The quantitative estimate of drug-likeness (QED) is 0.376. The van der Waals surface area contributed by atoms with Crippen LogP contribution < -0.4 is 19.5 Å². The van der Waals surface area contributed by atoms with E-state index in [1.807, 2.05) is 0 Å². The molecular weight excluding hydrogens is 316 g/mol. The average Bonchev–Trinajstić information content (AvgIpc) is 3.03. The topological polar surface area (TPSA) is 99.9 Å². The number of hydrogen-bond acceptors (Lipinski definition) is 7. The highest BCUT2D eigenvalue weighted by Crippen LogP contribution is 2.35. The van der Waals surface area contributed by atoms with Gasteiger partial charge in [0.25, 0.3) is 5.69 Å². The number of carbonyl (C=O) groups excluding carboxylic acids is 1. The summed E-state index contributed by atoms with van der Waals surface area (Å²) in [4.78, 5) is 22.3. The minimum Gasteiger partial charge on any atom is -0.454 e. The van der Waals surface area contributed by atoms with E-state index in [1.165, 1.54) is 6.07 Å². The number of nitrogens with one attached hydrogen (secondary N) is 1. The summed E-state index contributed by atoms with van der Waals surface area (Å²) in [5.74, 6) is 1.03. The third-order valence-corrected chi connectivity index (χ3v) is 3.32. The van der Waals surface area contributed by atoms with Crippen LogP contribution in [-0.4, -0.2) is 24.2 Å². The van der Waals surface area contributed by atoms with E-state index in [0.717, 1.165) is 0 Å². The Kier molecular flexibility index (Phi) is 4.46. The van der Waals surface area contributed by atoms with E-state index in [0.29, 0.717) is 22.9 Å². The van der Waals surface area contributed by atoms with Crippen molar-refractivity contribution in [2.45, 2.75) is 6.42 Å². The first-order valence-corrected chi connectivity index (χ1v) is 7.21. The summed E-state index contributed by atoms with van der Waals surface area (Å²) < 4.78 is 15.6. The zero-order chi connectivity index (χ0) is 16.9. The van der Waals surface area contributed by atoms with Crippen LogP contribution in [0.2, 0.25) is 0 Å². The molecule has 8 nitrogen and oxygen atoms in total. The number of ether oxygens (including phenoxy) is 3. The van der Waals surface area contributed by atoms with Gasteiger partial charge in [0.2, 0.25) is 6.79 Å². The molecule has 0 unspecified atom stereocenters. The van der Waals surface area contributed by atoms with Crippen molar-refractivity contribution in [3.05, 3.63) is 52.6 Å². The number of benzene rings is 2. The molecule has 0 spiro atoms. The van der Waals surface area contributed by atoms with Crippen molar-refractivity contribution < 1.29 is 23.9 Å². The van der Waals surface area contributed by atoms with E-state index < -0.39 is 10.9 Å². The summed E-state index contributed by atoms with van der Waals surface area (Å²) in [5, 5.41) is 13.8. The number of para-hydroxylation sites is 2. The van der Waals surface area contributed by atoms with Crippen LogP contribution in [0.3, 0.4) is 0 Å². The SMILES string of the molecule is O=C(CCNc1ccccc1[N+](=O)[O-])Oc1ccc2c(c1)OCO2. The summed E-state index contributed by atoms with van der Waals surface area (Å²) in [6.07, 6.45) is 0.0560. The van der Waals surface area contributed by atoms with Crippen LogP contribution in [0.25, 0.3) is 0 Å². The number of hydrogen-bond donors (Lipinski definition) is 1. The van der Waals surface area contributed by atoms with Crippen molar-refractivity contribution in [1.29, 1.82) is 0 Å². The molecule has 24 heavy (non-hydrogen) atoms. The van der Waals surface area contributed by atoms with Crippen LogP contribution in [0.1, 0.15) is 6.42 Å². The summed E-state index contributed by atoms with van der Waals surface area (Å²) in [7, 11) is 0. The number of nitro groups is 1. The van der Waals surface area contributed by atoms with Gasteiger partial charge in [0.15, 0.2) is 11.5 Å². The summed E-state index contributed by atoms with van der Waals surface area (Å²) >= 11 is 0. The van der Waals surface area contributed by atoms with Gasteiger partial charge in [0.1, 0.15) is 11.4 Å². The van der Waals surface area contributed by atoms with Crippen LogP contribution in [0.15, 0.2) is 42.5 Å². The van der Waals surface area contributed by atoms with Gasteiger partial charge in [-0.05, 0) is 18.2 Å². The first-order valence-electron chi connectivity index (χ1n) is 7.21. The number of fused-ring (bicyclic) bond motifs is 1. The van der Waals surface area contributed by atoms with E-state index in [1.54, 1.807) is 36.4 Å². The Morgan fingerprint density at radius 2 is 2.00 bits per heavy atom. The van der Waals surface area contributed by atoms with Gasteiger partial charge in [0.05, 0.1) is 11.3 Å². The Bertz CT molecular complexity index is 777. The average molecular weight is 330 g/mol. The highest BCUT2D eigenvalue weighted by molar-refractivity contribution is 5.73. The highest BCUT2D eigenvalue weighted by atomic mass is 16.7. The Morgan fingerprint density at radius 1 is 1.21 bits per heavy atom. The molecule has 0 saturated carbocycles. The Hall–Kier alpha value is -3.29. The zero-order valence-electron chi connectivity index (χ0n) is 12.6. The van der Waals surface area contributed by atoms with Gasteiger partial charge in [0, 0.05) is 18.7 Å². The molecule has 1 heterocycles. The normalized spacial score (nSPS) is 11.8. The van der Waals surface area contributed by atoms with Crippen molar-refractivity contribution in [2.75, 3.05) is 18.7 Å². The second-order valence-corrected chi connectivity index (χ2v) is 4.94. The minimum absolute atomic E-state index is 0.0401. The Morgan fingerprint density at radius 3 is 2.83 bits per heavy atom. The first kappa shape index (κ1) is 15.6. The first-order chi connectivity index (χ1) is 11.6. The number of anilines is 1. The number of esters is 1. The maximum Gasteiger partial charge on any atom is 0.312 e. The van der Waals surface area contributed by atoms with Gasteiger partial charge in [-0.1, -0.05) is 12.1 Å². The Balaban J connectivity index is 1.52. The largest absolute Gasteiger partial charge is 0.454 e. The Labute approximate surface area is 137 Å². The van der Waals surface area contributed by atoms with Gasteiger partial charge < -0.3 is 19.5 Å². The standard InChI is InChI=1S/C16H14N2O6/c19-16(24-11-5-6-14-15(9-11)23-10-22-14)7-8-17-12-3-1-2-4-13(12)18(20)21/h1-6,9,17H,7-8,10H2. The van der Waals surface area contributed by atoms with E-state index in [9.17, 15) is 14.9 Å². The minimum atomic E-state index is -0.479. The number of nitrogens with zero attached hydrogens (tertiary/aromatic N) is 1. The van der Waals surface area contributed by atoms with Crippen molar-refractivity contribution in [2.24, 2.45) is 0 Å². The van der Waals surface area contributed by atoms with E-state index in [4.69, 9.17) is 14.2 Å². The molecule has 0 radical (unpaired) electrons. The molecule has 1 aliphatic heterocycles. The third-order valence-electron chi connectivity index (χ3n) is 3.32. The van der Waals surface area contributed by atoms with E-state index >= 15 is 0 Å². The summed E-state index contributed by atoms with van der Waals surface area (Å²) in [5.41, 5.74) is 0.319. The maximum atomic E-state index is 11.9. The van der Waals surface area contributed by atoms with Crippen LogP contribution in [-0.2, 0) is 4.79 Å². The lowest BCUT2D eigenvalue weighted by molar-refractivity contribution is -0.384. The molecule has 0 amide bonds. The van der Waals surface area contributed by atoms with E-state index in [-0.39, 0.29) is 25.4 Å². The van der Waals surface area contributed by atoms with Crippen molar-refractivity contribution in [3.8, 4) is 17.2 Å². The second kappa shape index (κ2) is 6.86. The molecular formula is C16H14N2O6. The molecule has 0 fully saturated rings. The summed E-state index contributed by atoms with van der Waals surface area (Å²) in [6, 6.07) is 11.1. The van der Waals surface area contributed by atoms with Crippen molar-refractivity contribution in [3.63, 3.8) is 0 Å². The van der Waals surface area contributed by atoms with Gasteiger partial charge in [-0.3, -0.25) is 14.9 Å². The number of carbonyl (C=O) groups is 1. The maximum absolute atomic E-state index is 11.9. The predicted molar refractivity (Wildman–Crippen MR) is 84.4 cm³/mol. The zero-order valence-corrected chi connectivity index (χ0v) is 12.6. The van der Waals surface area contributed by atoms with Crippen molar-refractivity contribution in [1.82, 2.24) is 0 Å². The lowest BCUT2D eigenvalue weighted by Gasteiger charge is -2.07. The molecule has 3 rings (SSSR count). The van der Waals surface area contributed by atoms with Gasteiger partial charge in [-0.2, -0.15) is 0 Å². The van der Waals surface area contributed by atoms with E-state index in [2.05, 4.69) is 5.32 Å². The van der Waals surface area contributed by atoms with Gasteiger partial charge in [-0.25, -0.2) is 0 Å². The van der Waals surface area contributed by atoms with Crippen LogP contribution in [0.4, 0.5) is 11.4 Å². The van der Waals surface area contributed by atoms with Crippen LogP contribution in [0.5, 0.6) is 17.2 Å².